The van der Waals surface area contributed by atoms with E-state index in [2.05, 4.69) is 27.9 Å². The van der Waals surface area contributed by atoms with Crippen LogP contribution in [0.3, 0.4) is 0 Å². The number of hydrogen-bond acceptors (Lipinski definition) is 2. The number of amides is 1. The summed E-state index contributed by atoms with van der Waals surface area (Å²) in [7, 11) is 0. The topological polar surface area (TPSA) is 46.9 Å². The van der Waals surface area contributed by atoms with Gasteiger partial charge in [-0.2, -0.15) is 0 Å². The van der Waals surface area contributed by atoms with Crippen LogP contribution >= 0.6 is 0 Å². The minimum atomic E-state index is 0.00270. The van der Waals surface area contributed by atoms with Gasteiger partial charge < -0.3 is 9.88 Å². The van der Waals surface area contributed by atoms with Gasteiger partial charge in [-0.15, -0.1) is 0 Å². The zero-order valence-electron chi connectivity index (χ0n) is 13.2. The molecule has 2 aromatic rings. The molecule has 114 valence electrons. The molecular weight excluding hydrogens is 262 g/mol. The molecule has 1 aromatic heterocycles. The predicted molar refractivity (Wildman–Crippen MR) is 85.9 cm³/mol. The Morgan fingerprint density at radius 1 is 1.29 bits per heavy atom. The maximum absolute atomic E-state index is 11.8. The van der Waals surface area contributed by atoms with Crippen molar-refractivity contribution in [3.8, 4) is 0 Å². The number of benzene rings is 1. The summed E-state index contributed by atoms with van der Waals surface area (Å²) in [6, 6.07) is 8.17. The number of carbonyl (C=O) groups excluding carboxylic acids is 1. The summed E-state index contributed by atoms with van der Waals surface area (Å²) in [4.78, 5) is 16.4. The van der Waals surface area contributed by atoms with E-state index in [9.17, 15) is 4.79 Å². The first-order chi connectivity index (χ1) is 10.1. The molecule has 0 unspecified atom stereocenters. The smallest absolute Gasteiger partial charge is 0.222 e. The number of nitrogens with zero attached hydrogens (tertiary/aromatic N) is 2. The van der Waals surface area contributed by atoms with Crippen LogP contribution in [-0.4, -0.2) is 15.5 Å². The van der Waals surface area contributed by atoms with E-state index >= 15 is 0 Å². The normalized spacial score (nSPS) is 11.2. The summed E-state index contributed by atoms with van der Waals surface area (Å²) in [6.45, 7) is 7.47. The average Bonchev–Trinajstić information content (AvgIpc) is 2.83. The Morgan fingerprint density at radius 3 is 2.76 bits per heavy atom. The molecule has 21 heavy (non-hydrogen) atoms. The minimum Gasteiger partial charge on any atom is -0.349 e. The second kappa shape index (κ2) is 7.25. The standard InChI is InChI=1S/C17H25N3O/c1-4-5-8-11-20-15-10-7-6-9-14(15)19-16(20)12-18-17(21)13(2)3/h6-7,9-10,13H,4-5,8,11-12H2,1-3H3,(H,18,21). The Bertz CT molecular complexity index is 601. The highest BCUT2D eigenvalue weighted by Crippen LogP contribution is 2.17. The number of nitrogens with one attached hydrogen (secondary N) is 1. The van der Waals surface area contributed by atoms with Gasteiger partial charge in [0.05, 0.1) is 17.6 Å². The predicted octanol–water partition coefficient (Wildman–Crippen LogP) is 3.50. The second-order valence-corrected chi connectivity index (χ2v) is 5.75. The Labute approximate surface area is 126 Å². The van der Waals surface area contributed by atoms with E-state index in [1.54, 1.807) is 0 Å². The molecule has 0 bridgehead atoms. The summed E-state index contributed by atoms with van der Waals surface area (Å²) in [5.41, 5.74) is 2.16. The molecule has 0 aliphatic rings. The van der Waals surface area contributed by atoms with Gasteiger partial charge in [0.1, 0.15) is 5.82 Å². The van der Waals surface area contributed by atoms with Gasteiger partial charge in [0.2, 0.25) is 5.91 Å². The molecule has 0 aliphatic carbocycles. The third kappa shape index (κ3) is 3.84. The number of unbranched alkanes of at least 4 members (excludes halogenated alkanes) is 2. The third-order valence-corrected chi connectivity index (χ3v) is 3.66. The molecule has 1 aromatic carbocycles. The van der Waals surface area contributed by atoms with Gasteiger partial charge >= 0.3 is 0 Å². The molecule has 1 amide bonds. The van der Waals surface area contributed by atoms with E-state index < -0.39 is 0 Å². The fraction of sp³-hybridized carbons (Fsp3) is 0.529. The van der Waals surface area contributed by atoms with Gasteiger partial charge in [-0.3, -0.25) is 4.79 Å². The molecular formula is C17H25N3O. The molecule has 1 heterocycles. The highest BCUT2D eigenvalue weighted by molar-refractivity contribution is 5.78. The number of imidazole rings is 1. The van der Waals surface area contributed by atoms with Crippen molar-refractivity contribution in [2.24, 2.45) is 5.92 Å². The molecule has 0 aliphatic heterocycles. The third-order valence-electron chi connectivity index (χ3n) is 3.66. The van der Waals surface area contributed by atoms with Crippen LogP contribution in [0.25, 0.3) is 11.0 Å². The molecule has 0 fully saturated rings. The van der Waals surface area contributed by atoms with Crippen molar-refractivity contribution in [2.75, 3.05) is 0 Å². The zero-order valence-corrected chi connectivity index (χ0v) is 13.2. The molecule has 0 spiro atoms. The zero-order chi connectivity index (χ0) is 15.2. The molecule has 0 atom stereocenters. The van der Waals surface area contributed by atoms with E-state index in [-0.39, 0.29) is 11.8 Å². The van der Waals surface area contributed by atoms with Gasteiger partial charge in [0.25, 0.3) is 0 Å². The van der Waals surface area contributed by atoms with Crippen LogP contribution in [0, 0.1) is 5.92 Å². The van der Waals surface area contributed by atoms with Crippen LogP contribution in [-0.2, 0) is 17.9 Å². The van der Waals surface area contributed by atoms with E-state index in [0.29, 0.717) is 6.54 Å². The van der Waals surface area contributed by atoms with E-state index in [1.165, 1.54) is 12.8 Å². The van der Waals surface area contributed by atoms with Crippen LogP contribution in [0.1, 0.15) is 45.9 Å². The minimum absolute atomic E-state index is 0.00270. The highest BCUT2D eigenvalue weighted by Gasteiger charge is 2.12. The number of aryl methyl sites for hydroxylation is 1. The van der Waals surface area contributed by atoms with Crippen molar-refractivity contribution in [3.63, 3.8) is 0 Å². The van der Waals surface area contributed by atoms with Crippen LogP contribution < -0.4 is 5.32 Å². The van der Waals surface area contributed by atoms with E-state index in [4.69, 9.17) is 0 Å². The fourth-order valence-corrected chi connectivity index (χ4v) is 2.40. The first kappa shape index (κ1) is 15.5. The Balaban J connectivity index is 2.20. The second-order valence-electron chi connectivity index (χ2n) is 5.75. The van der Waals surface area contributed by atoms with Crippen LogP contribution in [0.5, 0.6) is 0 Å². The number of fused-ring (bicyclic) bond motifs is 1. The number of para-hydroxylation sites is 2. The number of carbonyl (C=O) groups is 1. The summed E-state index contributed by atoms with van der Waals surface area (Å²) < 4.78 is 2.24. The quantitative estimate of drug-likeness (QED) is 0.792. The first-order valence-electron chi connectivity index (χ1n) is 7.85. The molecule has 0 radical (unpaired) electrons. The van der Waals surface area contributed by atoms with E-state index in [0.717, 1.165) is 29.8 Å². The average molecular weight is 287 g/mol. The van der Waals surface area contributed by atoms with Gasteiger partial charge in [-0.1, -0.05) is 45.7 Å². The number of rotatable bonds is 7. The fourth-order valence-electron chi connectivity index (χ4n) is 2.40. The van der Waals surface area contributed by atoms with Gasteiger partial charge in [0.15, 0.2) is 0 Å². The van der Waals surface area contributed by atoms with Crippen molar-refractivity contribution < 1.29 is 4.79 Å². The lowest BCUT2D eigenvalue weighted by Gasteiger charge is -2.11. The van der Waals surface area contributed by atoms with Crippen molar-refractivity contribution in [1.29, 1.82) is 0 Å². The van der Waals surface area contributed by atoms with Gasteiger partial charge in [-0.25, -0.2) is 4.98 Å². The Kier molecular flexibility index (Phi) is 5.37. The summed E-state index contributed by atoms with van der Waals surface area (Å²) in [5, 5.41) is 2.97. The highest BCUT2D eigenvalue weighted by atomic mass is 16.1. The van der Waals surface area contributed by atoms with Gasteiger partial charge in [-0.05, 0) is 18.6 Å². The molecule has 4 heteroatoms. The molecule has 1 N–H and O–H groups in total. The molecule has 0 saturated heterocycles. The number of hydrogen-bond donors (Lipinski definition) is 1. The molecule has 4 nitrogen and oxygen atoms in total. The first-order valence-corrected chi connectivity index (χ1v) is 7.85. The van der Waals surface area contributed by atoms with Crippen molar-refractivity contribution >= 4 is 16.9 Å². The SMILES string of the molecule is CCCCCn1c(CNC(=O)C(C)C)nc2ccccc21. The maximum atomic E-state index is 11.8. The lowest BCUT2D eigenvalue weighted by atomic mass is 10.2. The van der Waals surface area contributed by atoms with Crippen LogP contribution in [0.4, 0.5) is 0 Å². The summed E-state index contributed by atoms with van der Waals surface area (Å²) >= 11 is 0. The largest absolute Gasteiger partial charge is 0.349 e. The summed E-state index contributed by atoms with van der Waals surface area (Å²) in [5.74, 6) is 1.02. The van der Waals surface area contributed by atoms with Crippen LogP contribution in [0.15, 0.2) is 24.3 Å². The monoisotopic (exact) mass is 287 g/mol. The molecule has 2 rings (SSSR count). The van der Waals surface area contributed by atoms with Crippen molar-refractivity contribution in [3.05, 3.63) is 30.1 Å². The Hall–Kier alpha value is -1.84. The number of aromatic nitrogens is 2. The Morgan fingerprint density at radius 2 is 2.05 bits per heavy atom. The van der Waals surface area contributed by atoms with Crippen molar-refractivity contribution in [2.45, 2.75) is 53.1 Å². The lowest BCUT2D eigenvalue weighted by molar-refractivity contribution is -0.124. The van der Waals surface area contributed by atoms with Crippen molar-refractivity contribution in [1.82, 2.24) is 14.9 Å². The van der Waals surface area contributed by atoms with Crippen LogP contribution in [0.2, 0.25) is 0 Å². The molecule has 0 saturated carbocycles. The maximum Gasteiger partial charge on any atom is 0.222 e. The lowest BCUT2D eigenvalue weighted by Crippen LogP contribution is -2.28. The van der Waals surface area contributed by atoms with Gasteiger partial charge in [0, 0.05) is 12.5 Å². The van der Waals surface area contributed by atoms with E-state index in [1.807, 2.05) is 32.0 Å². The summed E-state index contributed by atoms with van der Waals surface area (Å²) in [6.07, 6.45) is 3.55.